The fraction of sp³-hybridized carbons (Fsp3) is 0. The van der Waals surface area contributed by atoms with Crippen molar-refractivity contribution in [2.45, 2.75) is 0 Å². The summed E-state index contributed by atoms with van der Waals surface area (Å²) in [6.07, 6.45) is 1.90. The quantitative estimate of drug-likeness (QED) is 0.465. The zero-order valence-corrected chi connectivity index (χ0v) is 15.9. The molecule has 0 amide bonds. The van der Waals surface area contributed by atoms with Crippen molar-refractivity contribution in [1.29, 1.82) is 0 Å². The Labute approximate surface area is 164 Å². The monoisotopic (exact) mass is 411 g/mol. The Morgan fingerprint density at radius 1 is 0.778 bits per heavy atom. The molecule has 2 nitrogen and oxygen atoms in total. The molecule has 1 aliphatic rings. The van der Waals surface area contributed by atoms with Gasteiger partial charge in [0, 0.05) is 27.1 Å². The molecule has 0 bridgehead atoms. The third kappa shape index (κ3) is 2.87. The number of allylic oxidation sites excluding steroid dienone is 1. The fourth-order valence-electron chi connectivity index (χ4n) is 3.30. The highest BCUT2D eigenvalue weighted by molar-refractivity contribution is 9.10. The molecule has 4 aromatic rings. The Bertz CT molecular complexity index is 1340. The number of fused-ring (bicyclic) bond motifs is 3. The van der Waals surface area contributed by atoms with E-state index in [-0.39, 0.29) is 0 Å². The highest BCUT2D eigenvalue weighted by atomic mass is 79.9. The normalized spacial score (nSPS) is 13.1. The van der Waals surface area contributed by atoms with Gasteiger partial charge < -0.3 is 4.42 Å². The third-order valence-electron chi connectivity index (χ3n) is 4.59. The molecule has 0 radical (unpaired) electrons. The standard InChI is InChI=1S/C24H14BrNO/c25-18-12-10-16(11-13-18)20-14-15-22-23(19-8-4-5-9-21(19)27-22)24(26-20)17-6-2-1-3-7-17/h1-14H. The topological polar surface area (TPSA) is 25.5 Å². The minimum Gasteiger partial charge on any atom is -0.448 e. The summed E-state index contributed by atoms with van der Waals surface area (Å²) in [5.74, 6) is 0. The molecule has 0 spiro atoms. The summed E-state index contributed by atoms with van der Waals surface area (Å²) in [5.41, 5.74) is 8.73. The predicted molar refractivity (Wildman–Crippen MR) is 113 cm³/mol. The molecule has 2 heterocycles. The van der Waals surface area contributed by atoms with E-state index in [1.165, 1.54) is 0 Å². The van der Waals surface area contributed by atoms with E-state index in [0.717, 1.165) is 43.2 Å². The summed E-state index contributed by atoms with van der Waals surface area (Å²) in [7, 11) is 0. The van der Waals surface area contributed by atoms with Crippen LogP contribution in [-0.2, 0) is 0 Å². The highest BCUT2D eigenvalue weighted by Crippen LogP contribution is 2.19. The summed E-state index contributed by atoms with van der Waals surface area (Å²) in [6.45, 7) is 0. The van der Waals surface area contributed by atoms with Crippen LogP contribution in [0.3, 0.4) is 0 Å². The van der Waals surface area contributed by atoms with Gasteiger partial charge in [-0.15, -0.1) is 0 Å². The van der Waals surface area contributed by atoms with Gasteiger partial charge in [0.1, 0.15) is 5.58 Å². The number of halogens is 1. The van der Waals surface area contributed by atoms with Gasteiger partial charge in [0.05, 0.1) is 16.6 Å². The first-order chi connectivity index (χ1) is 13.3. The second-order valence-electron chi connectivity index (χ2n) is 6.31. The second kappa shape index (κ2) is 6.55. The van der Waals surface area contributed by atoms with E-state index in [9.17, 15) is 0 Å². The summed E-state index contributed by atoms with van der Waals surface area (Å²) in [4.78, 5) is 5.05. The molecular weight excluding hydrogens is 398 g/mol. The van der Waals surface area contributed by atoms with E-state index in [1.54, 1.807) is 0 Å². The van der Waals surface area contributed by atoms with Crippen LogP contribution >= 0.6 is 15.9 Å². The van der Waals surface area contributed by atoms with Crippen LogP contribution in [0.5, 0.6) is 0 Å². The van der Waals surface area contributed by atoms with E-state index < -0.39 is 0 Å². The second-order valence-corrected chi connectivity index (χ2v) is 7.23. The van der Waals surface area contributed by atoms with E-state index in [4.69, 9.17) is 9.41 Å². The molecule has 27 heavy (non-hydrogen) atoms. The van der Waals surface area contributed by atoms with Crippen molar-refractivity contribution in [3.63, 3.8) is 0 Å². The van der Waals surface area contributed by atoms with Gasteiger partial charge in [0.15, 0.2) is 5.42 Å². The Morgan fingerprint density at radius 3 is 2.33 bits per heavy atom. The Kier molecular flexibility index (Phi) is 3.90. The number of benzene rings is 3. The Morgan fingerprint density at radius 2 is 1.52 bits per heavy atom. The van der Waals surface area contributed by atoms with E-state index in [1.807, 2.05) is 54.6 Å². The predicted octanol–water partition coefficient (Wildman–Crippen LogP) is 4.79. The number of rotatable bonds is 2. The molecule has 0 saturated heterocycles. The van der Waals surface area contributed by atoms with Gasteiger partial charge in [-0.3, -0.25) is 0 Å². The maximum Gasteiger partial charge on any atom is 0.179 e. The first-order valence-corrected chi connectivity index (χ1v) is 9.47. The van der Waals surface area contributed by atoms with Gasteiger partial charge in [-0.1, -0.05) is 82.3 Å². The number of furan rings is 1. The minimum absolute atomic E-state index is 0.714. The maximum absolute atomic E-state index is 6.08. The molecular formula is C24H14BrNO. The molecule has 3 heteroatoms. The van der Waals surface area contributed by atoms with Crippen LogP contribution in [0.15, 0.2) is 98.8 Å². The lowest BCUT2D eigenvalue weighted by Gasteiger charge is -2.05. The number of hydrogen-bond acceptors (Lipinski definition) is 2. The molecule has 0 saturated carbocycles. The summed E-state index contributed by atoms with van der Waals surface area (Å²) in [6, 6.07) is 26.4. The van der Waals surface area contributed by atoms with E-state index in [0.29, 0.717) is 5.42 Å². The lowest BCUT2D eigenvalue weighted by molar-refractivity contribution is 0.576. The van der Waals surface area contributed by atoms with Crippen LogP contribution in [0.2, 0.25) is 0 Å². The van der Waals surface area contributed by atoms with Crippen molar-refractivity contribution >= 4 is 44.0 Å². The van der Waals surface area contributed by atoms with Crippen LogP contribution < -0.4 is 10.6 Å². The molecule has 1 aliphatic heterocycles. The number of aliphatic imine (C=N–C) groups is 1. The fourth-order valence-corrected chi connectivity index (χ4v) is 3.56. The summed E-state index contributed by atoms with van der Waals surface area (Å²) < 4.78 is 7.12. The van der Waals surface area contributed by atoms with E-state index >= 15 is 0 Å². The summed E-state index contributed by atoms with van der Waals surface area (Å²) >= 11 is 3.49. The molecule has 128 valence electrons. The van der Waals surface area contributed by atoms with Crippen molar-refractivity contribution in [1.82, 2.24) is 0 Å². The Hall–Kier alpha value is -3.13. The number of hydrogen-bond donors (Lipinski definition) is 0. The number of para-hydroxylation sites is 1. The summed E-state index contributed by atoms with van der Waals surface area (Å²) in [5, 5.41) is 2.04. The molecule has 5 rings (SSSR count). The van der Waals surface area contributed by atoms with Gasteiger partial charge in [-0.2, -0.15) is 0 Å². The number of nitrogens with zero attached hydrogens (tertiary/aromatic N) is 1. The molecule has 0 atom stereocenters. The van der Waals surface area contributed by atoms with Gasteiger partial charge in [-0.25, -0.2) is 4.99 Å². The van der Waals surface area contributed by atoms with Crippen molar-refractivity contribution < 1.29 is 4.42 Å². The minimum atomic E-state index is 0.714. The van der Waals surface area contributed by atoms with Crippen molar-refractivity contribution in [3.8, 4) is 0 Å². The third-order valence-corrected chi connectivity index (χ3v) is 5.12. The molecule has 3 aromatic carbocycles. The first-order valence-electron chi connectivity index (χ1n) is 8.68. The highest BCUT2D eigenvalue weighted by Gasteiger charge is 2.13. The molecule has 0 aliphatic carbocycles. The first kappa shape index (κ1) is 16.1. The van der Waals surface area contributed by atoms with Crippen LogP contribution in [0, 0.1) is 0 Å². The zero-order chi connectivity index (χ0) is 18.2. The van der Waals surface area contributed by atoms with Crippen molar-refractivity contribution in [3.05, 3.63) is 111 Å². The van der Waals surface area contributed by atoms with Crippen molar-refractivity contribution in [2.75, 3.05) is 0 Å². The molecule has 0 fully saturated rings. The molecule has 1 aromatic heterocycles. The SMILES string of the molecule is Brc1ccc(C2=NC(c3ccccc3)=c3c(oc4ccccc34)=C=C2)cc1. The van der Waals surface area contributed by atoms with Crippen LogP contribution in [0.25, 0.3) is 22.4 Å². The maximum atomic E-state index is 6.08. The largest absolute Gasteiger partial charge is 0.448 e. The van der Waals surface area contributed by atoms with Crippen LogP contribution in [-0.4, -0.2) is 5.71 Å². The Balaban J connectivity index is 1.89. The van der Waals surface area contributed by atoms with Crippen molar-refractivity contribution in [2.24, 2.45) is 4.99 Å². The van der Waals surface area contributed by atoms with Crippen LogP contribution in [0.1, 0.15) is 11.1 Å². The van der Waals surface area contributed by atoms with E-state index in [2.05, 4.69) is 52.0 Å². The van der Waals surface area contributed by atoms with Gasteiger partial charge in [0.25, 0.3) is 0 Å². The van der Waals surface area contributed by atoms with Gasteiger partial charge in [-0.05, 0) is 18.2 Å². The smallest absolute Gasteiger partial charge is 0.179 e. The lowest BCUT2D eigenvalue weighted by Crippen LogP contribution is -2.21. The van der Waals surface area contributed by atoms with Gasteiger partial charge in [0.2, 0.25) is 0 Å². The molecule has 0 N–H and O–H groups in total. The van der Waals surface area contributed by atoms with Gasteiger partial charge >= 0.3 is 0 Å². The average molecular weight is 412 g/mol. The molecule has 0 unspecified atom stereocenters. The van der Waals surface area contributed by atoms with Crippen LogP contribution in [0.4, 0.5) is 0 Å². The lowest BCUT2D eigenvalue weighted by atomic mass is 10.1. The average Bonchev–Trinajstić information content (AvgIpc) is 2.97. The zero-order valence-electron chi connectivity index (χ0n) is 14.3.